The molecular weight excluding hydrogens is 320 g/mol. The summed E-state index contributed by atoms with van der Waals surface area (Å²) in [6.07, 6.45) is 1.85. The van der Waals surface area contributed by atoms with Gasteiger partial charge in [-0.1, -0.05) is 56.3 Å². The van der Waals surface area contributed by atoms with Gasteiger partial charge in [0.2, 0.25) is 5.91 Å². The summed E-state index contributed by atoms with van der Waals surface area (Å²) in [5, 5.41) is 3.63. The van der Waals surface area contributed by atoms with E-state index in [1.807, 2.05) is 17.0 Å². The minimum Gasteiger partial charge on any atom is -0.363 e. The Morgan fingerprint density at radius 3 is 2.46 bits per heavy atom. The van der Waals surface area contributed by atoms with Crippen LogP contribution in [0.1, 0.15) is 50.8 Å². The van der Waals surface area contributed by atoms with Gasteiger partial charge in [0.25, 0.3) is 0 Å². The lowest BCUT2D eigenvalue weighted by Gasteiger charge is -2.41. The molecule has 26 heavy (non-hydrogen) atoms. The number of anilines is 1. The Morgan fingerprint density at radius 2 is 1.77 bits per heavy atom. The Kier molecular flexibility index (Phi) is 3.87. The van der Waals surface area contributed by atoms with Gasteiger partial charge in [0.1, 0.15) is 5.66 Å². The van der Waals surface area contributed by atoms with Gasteiger partial charge in [0, 0.05) is 18.7 Å². The molecule has 3 nitrogen and oxygen atoms in total. The number of hydrogen-bond donors (Lipinski definition) is 1. The van der Waals surface area contributed by atoms with E-state index < -0.39 is 5.41 Å². The van der Waals surface area contributed by atoms with Crippen LogP contribution in [0, 0.1) is 5.92 Å². The molecule has 1 N–H and O–H groups in total. The van der Waals surface area contributed by atoms with Crippen LogP contribution in [0.3, 0.4) is 0 Å². The lowest BCUT2D eigenvalue weighted by atomic mass is 9.78. The van der Waals surface area contributed by atoms with E-state index in [2.05, 4.69) is 69.4 Å². The van der Waals surface area contributed by atoms with Crippen LogP contribution in [0.5, 0.6) is 0 Å². The molecule has 4 rings (SSSR count). The van der Waals surface area contributed by atoms with Crippen LogP contribution >= 0.6 is 0 Å². The second-order valence-electron chi connectivity index (χ2n) is 8.75. The molecule has 0 aromatic heterocycles. The highest BCUT2D eigenvalue weighted by atomic mass is 16.2. The first-order valence-electron chi connectivity index (χ1n) is 9.59. The predicted octanol–water partition coefficient (Wildman–Crippen LogP) is 4.72. The topological polar surface area (TPSA) is 32.3 Å². The number of amides is 1. The third kappa shape index (κ3) is 2.61. The lowest BCUT2D eigenvalue weighted by molar-refractivity contribution is -0.135. The highest BCUT2D eigenvalue weighted by Gasteiger charge is 2.57. The highest BCUT2D eigenvalue weighted by Crippen LogP contribution is 2.48. The molecule has 2 heterocycles. The van der Waals surface area contributed by atoms with E-state index in [0.717, 1.165) is 24.1 Å². The Morgan fingerprint density at radius 1 is 1.08 bits per heavy atom. The average Bonchev–Trinajstić information content (AvgIpc) is 2.79. The van der Waals surface area contributed by atoms with E-state index in [-0.39, 0.29) is 11.6 Å². The summed E-state index contributed by atoms with van der Waals surface area (Å²) in [6.45, 7) is 9.40. The van der Waals surface area contributed by atoms with Gasteiger partial charge in [-0.15, -0.1) is 0 Å². The molecule has 0 spiro atoms. The molecule has 2 aliphatic rings. The smallest absolute Gasteiger partial charge is 0.235 e. The largest absolute Gasteiger partial charge is 0.363 e. The fourth-order valence-electron chi connectivity index (χ4n) is 4.69. The molecule has 3 heteroatoms. The van der Waals surface area contributed by atoms with Gasteiger partial charge in [-0.05, 0) is 48.9 Å². The van der Waals surface area contributed by atoms with E-state index in [4.69, 9.17) is 0 Å². The van der Waals surface area contributed by atoms with Crippen molar-refractivity contribution in [2.45, 2.75) is 58.2 Å². The zero-order valence-corrected chi connectivity index (χ0v) is 16.2. The number of nitrogens with zero attached hydrogens (tertiary/aromatic N) is 1. The third-order valence-electron chi connectivity index (χ3n) is 6.00. The van der Waals surface area contributed by atoms with Crippen molar-refractivity contribution in [2.24, 2.45) is 5.92 Å². The predicted molar refractivity (Wildman–Crippen MR) is 106 cm³/mol. The summed E-state index contributed by atoms with van der Waals surface area (Å²) >= 11 is 0. The summed E-state index contributed by atoms with van der Waals surface area (Å²) in [5.41, 5.74) is 3.98. The van der Waals surface area contributed by atoms with Gasteiger partial charge in [-0.3, -0.25) is 4.79 Å². The van der Waals surface area contributed by atoms with Crippen molar-refractivity contribution in [1.29, 1.82) is 0 Å². The summed E-state index contributed by atoms with van der Waals surface area (Å²) in [6, 6.07) is 17.0. The molecule has 0 saturated carbocycles. The molecular formula is C23H28N2O. The highest BCUT2D eigenvalue weighted by molar-refractivity contribution is 5.92. The third-order valence-corrected chi connectivity index (χ3v) is 6.00. The first kappa shape index (κ1) is 17.1. The van der Waals surface area contributed by atoms with Crippen LogP contribution < -0.4 is 5.32 Å². The molecule has 1 saturated heterocycles. The Balaban J connectivity index is 1.66. The number of rotatable bonds is 3. The molecule has 2 aromatic carbocycles. The van der Waals surface area contributed by atoms with E-state index in [1.165, 1.54) is 11.1 Å². The SMILES string of the molecule is CC(C)Cc1ccc([C@]2(C)C[C@]3(C)Nc4ccccc4CN3C2=O)cc1. The molecule has 1 fully saturated rings. The summed E-state index contributed by atoms with van der Waals surface area (Å²) in [5.74, 6) is 0.860. The van der Waals surface area contributed by atoms with E-state index in [9.17, 15) is 4.79 Å². The summed E-state index contributed by atoms with van der Waals surface area (Å²) in [7, 11) is 0. The zero-order chi connectivity index (χ0) is 18.5. The molecule has 0 unspecified atom stereocenters. The molecule has 2 atom stereocenters. The first-order chi connectivity index (χ1) is 12.3. The average molecular weight is 348 g/mol. The number of nitrogens with one attached hydrogen (secondary N) is 1. The maximum atomic E-state index is 13.4. The number of carbonyl (C=O) groups is 1. The van der Waals surface area contributed by atoms with Gasteiger partial charge in [-0.25, -0.2) is 0 Å². The Hall–Kier alpha value is -2.29. The standard InChI is InChI=1S/C23H28N2O/c1-16(2)13-17-9-11-19(12-10-17)22(3)15-23(4)24-20-8-6-5-7-18(20)14-25(23)21(22)26/h5-12,16,24H,13-15H2,1-4H3/t22-,23+/m0/s1. The van der Waals surface area contributed by atoms with Gasteiger partial charge in [0.15, 0.2) is 0 Å². The summed E-state index contributed by atoms with van der Waals surface area (Å²) in [4.78, 5) is 15.5. The first-order valence-corrected chi connectivity index (χ1v) is 9.59. The van der Waals surface area contributed by atoms with Crippen molar-refractivity contribution >= 4 is 11.6 Å². The maximum absolute atomic E-state index is 13.4. The normalized spacial score (nSPS) is 27.3. The Labute approximate surface area is 156 Å². The van der Waals surface area contributed by atoms with Crippen LogP contribution in [0.15, 0.2) is 48.5 Å². The van der Waals surface area contributed by atoms with Crippen molar-refractivity contribution in [1.82, 2.24) is 4.90 Å². The van der Waals surface area contributed by atoms with Crippen molar-refractivity contribution in [3.05, 3.63) is 65.2 Å². The second-order valence-corrected chi connectivity index (χ2v) is 8.75. The molecule has 2 aliphatic heterocycles. The van der Waals surface area contributed by atoms with Crippen molar-refractivity contribution in [3.63, 3.8) is 0 Å². The second kappa shape index (κ2) is 5.87. The minimum absolute atomic E-state index is 0.221. The van der Waals surface area contributed by atoms with Gasteiger partial charge in [-0.2, -0.15) is 0 Å². The van der Waals surface area contributed by atoms with Crippen LogP contribution in [0.2, 0.25) is 0 Å². The molecule has 136 valence electrons. The van der Waals surface area contributed by atoms with Gasteiger partial charge in [0.05, 0.1) is 5.41 Å². The van der Waals surface area contributed by atoms with Crippen molar-refractivity contribution in [3.8, 4) is 0 Å². The van der Waals surface area contributed by atoms with E-state index in [1.54, 1.807) is 0 Å². The fourth-order valence-corrected chi connectivity index (χ4v) is 4.69. The Bertz CT molecular complexity index is 842. The molecule has 2 aromatic rings. The lowest BCUT2D eigenvalue weighted by Crippen LogP contribution is -2.51. The monoisotopic (exact) mass is 348 g/mol. The molecule has 1 amide bonds. The molecule has 0 radical (unpaired) electrons. The van der Waals surface area contributed by atoms with Crippen molar-refractivity contribution < 1.29 is 4.79 Å². The number of para-hydroxylation sites is 1. The van der Waals surface area contributed by atoms with Crippen LogP contribution in [0.25, 0.3) is 0 Å². The number of benzene rings is 2. The maximum Gasteiger partial charge on any atom is 0.235 e. The van der Waals surface area contributed by atoms with Gasteiger partial charge < -0.3 is 10.2 Å². The molecule has 0 aliphatic carbocycles. The fraction of sp³-hybridized carbons (Fsp3) is 0.435. The number of fused-ring (bicyclic) bond motifs is 2. The minimum atomic E-state index is -0.486. The summed E-state index contributed by atoms with van der Waals surface area (Å²) < 4.78 is 0. The zero-order valence-electron chi connectivity index (χ0n) is 16.2. The van der Waals surface area contributed by atoms with Crippen LogP contribution in [-0.2, 0) is 23.2 Å². The molecule has 0 bridgehead atoms. The quantitative estimate of drug-likeness (QED) is 0.871. The van der Waals surface area contributed by atoms with Gasteiger partial charge >= 0.3 is 0 Å². The van der Waals surface area contributed by atoms with E-state index >= 15 is 0 Å². The van der Waals surface area contributed by atoms with E-state index in [0.29, 0.717) is 12.5 Å². The number of hydrogen-bond acceptors (Lipinski definition) is 2. The number of carbonyl (C=O) groups excluding carboxylic acids is 1. The van der Waals surface area contributed by atoms with Crippen LogP contribution in [0.4, 0.5) is 5.69 Å². The van der Waals surface area contributed by atoms with Crippen molar-refractivity contribution in [2.75, 3.05) is 5.32 Å². The van der Waals surface area contributed by atoms with Crippen LogP contribution in [-0.4, -0.2) is 16.5 Å².